The van der Waals surface area contributed by atoms with Crippen molar-refractivity contribution in [1.29, 1.82) is 0 Å². The van der Waals surface area contributed by atoms with Gasteiger partial charge in [0.1, 0.15) is 0 Å². The van der Waals surface area contributed by atoms with E-state index in [4.69, 9.17) is 22.7 Å². The second-order valence-corrected chi connectivity index (χ2v) is 5.14. The van der Waals surface area contributed by atoms with Crippen molar-refractivity contribution < 1.29 is 4.74 Å². The number of hydrogen-bond donors (Lipinski definition) is 1. The van der Waals surface area contributed by atoms with E-state index in [0.29, 0.717) is 10.9 Å². The maximum absolute atomic E-state index is 5.61. The van der Waals surface area contributed by atoms with E-state index in [9.17, 15) is 0 Å². The number of nitrogens with two attached hydrogens (primary N) is 1. The zero-order valence-corrected chi connectivity index (χ0v) is 11.8. The second-order valence-electron chi connectivity index (χ2n) is 4.67. The van der Waals surface area contributed by atoms with Gasteiger partial charge in [-0.05, 0) is 12.5 Å². The highest BCUT2D eigenvalue weighted by molar-refractivity contribution is 7.80. The molecule has 0 aliphatic rings. The summed E-state index contributed by atoms with van der Waals surface area (Å²) in [6, 6.07) is 0. The summed E-state index contributed by atoms with van der Waals surface area (Å²) in [5.74, 6) is 0.880. The molecule has 1 unspecified atom stereocenters. The van der Waals surface area contributed by atoms with Crippen LogP contribution in [0.2, 0.25) is 0 Å². The van der Waals surface area contributed by atoms with Gasteiger partial charge in [0.15, 0.2) is 0 Å². The van der Waals surface area contributed by atoms with Crippen molar-refractivity contribution in [3.05, 3.63) is 0 Å². The molecule has 1 atom stereocenters. The molecule has 0 bridgehead atoms. The van der Waals surface area contributed by atoms with Gasteiger partial charge in [-0.2, -0.15) is 0 Å². The van der Waals surface area contributed by atoms with E-state index in [1.807, 2.05) is 0 Å². The fraction of sp³-hybridized carbons (Fsp3) is 0.917. The number of hydrogen-bond acceptors (Lipinski definition) is 3. The maximum Gasteiger partial charge on any atom is 0.0768 e. The van der Waals surface area contributed by atoms with E-state index >= 15 is 0 Å². The maximum atomic E-state index is 5.61. The lowest BCUT2D eigenvalue weighted by molar-refractivity contribution is 0.0852. The smallest absolute Gasteiger partial charge is 0.0768 e. The molecule has 16 heavy (non-hydrogen) atoms. The van der Waals surface area contributed by atoms with Gasteiger partial charge in [0.05, 0.1) is 11.6 Å². The predicted molar refractivity (Wildman–Crippen MR) is 73.7 cm³/mol. The summed E-state index contributed by atoms with van der Waals surface area (Å²) in [5, 5.41) is 0. The first kappa shape index (κ1) is 15.8. The van der Waals surface area contributed by atoms with Crippen LogP contribution in [0.3, 0.4) is 0 Å². The monoisotopic (exact) mass is 246 g/mol. The highest BCUT2D eigenvalue weighted by Crippen LogP contribution is 2.01. The lowest BCUT2D eigenvalue weighted by atomic mass is 10.1. The van der Waals surface area contributed by atoms with Gasteiger partial charge < -0.3 is 15.4 Å². The van der Waals surface area contributed by atoms with Crippen molar-refractivity contribution in [2.75, 3.05) is 32.8 Å². The Hall–Kier alpha value is -0.190. The summed E-state index contributed by atoms with van der Waals surface area (Å²) in [5.41, 5.74) is 5.61. The molecule has 0 saturated carbocycles. The third-order valence-electron chi connectivity index (χ3n) is 2.47. The molecule has 0 amide bonds. The van der Waals surface area contributed by atoms with Gasteiger partial charge in [0.25, 0.3) is 0 Å². The molecule has 3 nitrogen and oxygen atoms in total. The van der Waals surface area contributed by atoms with Gasteiger partial charge in [-0.3, -0.25) is 0 Å². The summed E-state index contributed by atoms with van der Waals surface area (Å²) in [6.45, 7) is 13.1. The summed E-state index contributed by atoms with van der Waals surface area (Å²) >= 11 is 4.97. The fourth-order valence-corrected chi connectivity index (χ4v) is 1.44. The van der Waals surface area contributed by atoms with Crippen LogP contribution in [0.15, 0.2) is 0 Å². The lowest BCUT2D eigenvalue weighted by Crippen LogP contribution is -2.36. The largest absolute Gasteiger partial charge is 0.393 e. The van der Waals surface area contributed by atoms with Gasteiger partial charge >= 0.3 is 0 Å². The number of rotatable bonds is 9. The van der Waals surface area contributed by atoms with Crippen molar-refractivity contribution in [2.45, 2.75) is 27.7 Å². The molecular weight excluding hydrogens is 220 g/mol. The van der Waals surface area contributed by atoms with E-state index < -0.39 is 0 Å². The number of likely N-dealkylation sites (N-methyl/N-ethyl adjacent to an activating group) is 1. The average Bonchev–Trinajstić information content (AvgIpc) is 2.21. The molecule has 4 heteroatoms. The number of nitrogens with zero attached hydrogens (tertiary/aromatic N) is 1. The van der Waals surface area contributed by atoms with Crippen molar-refractivity contribution in [3.63, 3.8) is 0 Å². The molecule has 0 aliphatic carbocycles. The molecule has 0 aromatic carbocycles. The molecule has 0 heterocycles. The minimum Gasteiger partial charge on any atom is -0.393 e. The van der Waals surface area contributed by atoms with E-state index in [0.717, 1.165) is 32.8 Å². The summed E-state index contributed by atoms with van der Waals surface area (Å²) in [6.07, 6.45) is 0. The van der Waals surface area contributed by atoms with E-state index in [1.165, 1.54) is 0 Å². The van der Waals surface area contributed by atoms with Gasteiger partial charge in [0.2, 0.25) is 0 Å². The van der Waals surface area contributed by atoms with E-state index in [-0.39, 0.29) is 5.92 Å². The van der Waals surface area contributed by atoms with Crippen LogP contribution in [-0.4, -0.2) is 42.7 Å². The summed E-state index contributed by atoms with van der Waals surface area (Å²) < 4.78 is 5.56. The molecule has 0 spiro atoms. The first-order chi connectivity index (χ1) is 7.47. The van der Waals surface area contributed by atoms with Crippen LogP contribution in [0, 0.1) is 11.8 Å². The Bertz CT molecular complexity index is 197. The minimum atomic E-state index is 0.278. The number of ether oxygens (including phenoxy) is 1. The number of thiocarbonyl (C=S) groups is 1. The summed E-state index contributed by atoms with van der Waals surface area (Å²) in [7, 11) is 0. The third kappa shape index (κ3) is 8.02. The van der Waals surface area contributed by atoms with Crippen molar-refractivity contribution in [2.24, 2.45) is 17.6 Å². The summed E-state index contributed by atoms with van der Waals surface area (Å²) in [4.78, 5) is 2.92. The second kappa shape index (κ2) is 8.90. The topological polar surface area (TPSA) is 38.5 Å². The molecule has 0 rings (SSSR count). The molecule has 0 aromatic heterocycles. The Labute approximate surface area is 105 Å². The van der Waals surface area contributed by atoms with Crippen LogP contribution in [0.25, 0.3) is 0 Å². The molecule has 0 aliphatic heterocycles. The van der Waals surface area contributed by atoms with Crippen LogP contribution in [-0.2, 0) is 4.74 Å². The van der Waals surface area contributed by atoms with E-state index in [2.05, 4.69) is 32.6 Å². The standard InChI is InChI=1S/C12H26N2OS/c1-5-14(8-11(4)12(13)16)6-7-15-9-10(2)3/h10-11H,5-9H2,1-4H3,(H2,13,16). The van der Waals surface area contributed by atoms with Gasteiger partial charge in [-0.1, -0.05) is 39.9 Å². The molecular formula is C12H26N2OS. The van der Waals surface area contributed by atoms with Crippen molar-refractivity contribution in [1.82, 2.24) is 4.90 Å². The molecule has 2 N–H and O–H groups in total. The first-order valence-electron chi connectivity index (χ1n) is 6.06. The quantitative estimate of drug-likeness (QED) is 0.498. The van der Waals surface area contributed by atoms with Crippen LogP contribution in [0.4, 0.5) is 0 Å². The molecule has 0 fully saturated rings. The Balaban J connectivity index is 3.71. The molecule has 96 valence electrons. The van der Waals surface area contributed by atoms with Gasteiger partial charge in [0, 0.05) is 25.6 Å². The molecule has 0 aromatic rings. The minimum absolute atomic E-state index is 0.278. The van der Waals surface area contributed by atoms with Crippen LogP contribution < -0.4 is 5.73 Å². The Morgan fingerprint density at radius 3 is 2.44 bits per heavy atom. The highest BCUT2D eigenvalue weighted by Gasteiger charge is 2.10. The third-order valence-corrected chi connectivity index (χ3v) is 2.87. The van der Waals surface area contributed by atoms with Crippen LogP contribution in [0.1, 0.15) is 27.7 Å². The average molecular weight is 246 g/mol. The zero-order chi connectivity index (χ0) is 12.6. The molecule has 0 saturated heterocycles. The van der Waals surface area contributed by atoms with E-state index in [1.54, 1.807) is 0 Å². The highest BCUT2D eigenvalue weighted by atomic mass is 32.1. The van der Waals surface area contributed by atoms with Gasteiger partial charge in [-0.25, -0.2) is 0 Å². The van der Waals surface area contributed by atoms with Crippen LogP contribution >= 0.6 is 12.2 Å². The SMILES string of the molecule is CCN(CCOCC(C)C)CC(C)C(N)=S. The van der Waals surface area contributed by atoms with Gasteiger partial charge in [-0.15, -0.1) is 0 Å². The lowest BCUT2D eigenvalue weighted by Gasteiger charge is -2.23. The fourth-order valence-electron chi connectivity index (χ4n) is 1.37. The van der Waals surface area contributed by atoms with Crippen molar-refractivity contribution in [3.8, 4) is 0 Å². The Kier molecular flexibility index (Phi) is 8.80. The first-order valence-corrected chi connectivity index (χ1v) is 6.47. The zero-order valence-electron chi connectivity index (χ0n) is 11.0. The predicted octanol–water partition coefficient (Wildman–Crippen LogP) is 1.90. The Morgan fingerprint density at radius 2 is 2.00 bits per heavy atom. The Morgan fingerprint density at radius 1 is 1.38 bits per heavy atom. The van der Waals surface area contributed by atoms with Crippen molar-refractivity contribution >= 4 is 17.2 Å². The molecule has 0 radical (unpaired) electrons. The van der Waals surface area contributed by atoms with Crippen LogP contribution in [0.5, 0.6) is 0 Å². The normalized spacial score (nSPS) is 13.4.